The third-order valence-corrected chi connectivity index (χ3v) is 3.08. The smallest absolute Gasteiger partial charge is 0.197 e. The molecule has 1 heterocycles. The summed E-state index contributed by atoms with van der Waals surface area (Å²) in [7, 11) is 0. The third-order valence-electron chi connectivity index (χ3n) is 3.08. The van der Waals surface area contributed by atoms with Crippen LogP contribution in [0, 0.1) is 0 Å². The number of phenolic OH excluding ortho intramolecular Hbond substituents is 1. The molecular formula is C17H14O3. The zero-order valence-corrected chi connectivity index (χ0v) is 10.8. The number of aryl methyl sites for hydroxylation is 1. The summed E-state index contributed by atoms with van der Waals surface area (Å²) in [6, 6.07) is 4.29. The zero-order valence-electron chi connectivity index (χ0n) is 14.8. The lowest BCUT2D eigenvalue weighted by atomic mass is 9.99. The Hall–Kier alpha value is -2.55. The van der Waals surface area contributed by atoms with Crippen LogP contribution in [0.15, 0.2) is 52.9 Å². The number of hydrogen-bond donors (Lipinski definition) is 1. The molecule has 0 aliphatic rings. The van der Waals surface area contributed by atoms with Crippen LogP contribution in [0.4, 0.5) is 0 Å². The summed E-state index contributed by atoms with van der Waals surface area (Å²) in [5.74, 6) is -0.0630. The van der Waals surface area contributed by atoms with Gasteiger partial charge in [0.05, 0.1) is 11.0 Å². The highest BCUT2D eigenvalue weighted by Gasteiger charge is 2.20. The first-order valence-electron chi connectivity index (χ1n) is 8.22. The van der Waals surface area contributed by atoms with Crippen LogP contribution in [-0.2, 0) is 6.42 Å². The van der Waals surface area contributed by atoms with Crippen molar-refractivity contribution in [2.75, 3.05) is 0 Å². The van der Waals surface area contributed by atoms with Crippen molar-refractivity contribution in [1.29, 1.82) is 0 Å². The van der Waals surface area contributed by atoms with E-state index in [2.05, 4.69) is 0 Å². The van der Waals surface area contributed by atoms with Crippen LogP contribution >= 0.6 is 0 Å². The van der Waals surface area contributed by atoms with Gasteiger partial charge in [-0.1, -0.05) is 25.1 Å². The second-order valence-corrected chi connectivity index (χ2v) is 4.33. The van der Waals surface area contributed by atoms with Crippen LogP contribution in [-0.4, -0.2) is 10.9 Å². The average molecular weight is 270 g/mol. The zero-order chi connectivity index (χ0) is 17.6. The predicted molar refractivity (Wildman–Crippen MR) is 77.1 cm³/mol. The summed E-state index contributed by atoms with van der Waals surface area (Å²) >= 11 is 0. The highest BCUT2D eigenvalue weighted by Crippen LogP contribution is 2.28. The molecule has 0 saturated heterocycles. The molecule has 3 aromatic rings. The van der Waals surface area contributed by atoms with Crippen molar-refractivity contribution in [3.05, 3.63) is 65.3 Å². The molecule has 20 heavy (non-hydrogen) atoms. The van der Waals surface area contributed by atoms with Gasteiger partial charge in [-0.2, -0.15) is 0 Å². The van der Waals surface area contributed by atoms with Crippen LogP contribution in [0.5, 0.6) is 5.75 Å². The Labute approximate surface area is 122 Å². The highest BCUT2D eigenvalue weighted by atomic mass is 16.3. The van der Waals surface area contributed by atoms with E-state index >= 15 is 0 Å². The van der Waals surface area contributed by atoms with E-state index < -0.39 is 17.9 Å². The van der Waals surface area contributed by atoms with Gasteiger partial charge in [-0.15, -0.1) is 0 Å². The van der Waals surface area contributed by atoms with Crippen LogP contribution in [0.2, 0.25) is 0 Å². The molecule has 100 valence electrons. The number of furan rings is 1. The summed E-state index contributed by atoms with van der Waals surface area (Å²) < 4.78 is 37.2. The second kappa shape index (κ2) is 4.85. The number of carbonyl (C=O) groups excluding carboxylic acids is 1. The molecule has 0 radical (unpaired) electrons. The minimum atomic E-state index is -0.407. The summed E-state index contributed by atoms with van der Waals surface area (Å²) in [5.41, 5.74) is 0.433. The first-order chi connectivity index (χ1) is 11.4. The van der Waals surface area contributed by atoms with Crippen LogP contribution in [0.25, 0.3) is 11.0 Å². The van der Waals surface area contributed by atoms with E-state index in [1.807, 2.05) is 0 Å². The molecule has 3 rings (SSSR count). The molecule has 0 atom stereocenters. The van der Waals surface area contributed by atoms with E-state index in [0.29, 0.717) is 17.7 Å². The molecule has 0 amide bonds. The van der Waals surface area contributed by atoms with Crippen molar-refractivity contribution in [3.8, 4) is 5.75 Å². The molecule has 0 saturated carbocycles. The van der Waals surface area contributed by atoms with Gasteiger partial charge in [-0.05, 0) is 30.3 Å². The van der Waals surface area contributed by atoms with Crippen LogP contribution in [0.1, 0.15) is 34.1 Å². The van der Waals surface area contributed by atoms with E-state index in [4.69, 9.17) is 9.90 Å². The Morgan fingerprint density at radius 1 is 1.25 bits per heavy atom. The number of aromatic hydroxyl groups is 1. The van der Waals surface area contributed by atoms with Gasteiger partial charge in [0.1, 0.15) is 17.1 Å². The maximum Gasteiger partial charge on any atom is 0.197 e. The fourth-order valence-corrected chi connectivity index (χ4v) is 2.11. The van der Waals surface area contributed by atoms with Crippen molar-refractivity contribution in [2.24, 2.45) is 0 Å². The van der Waals surface area contributed by atoms with Crippen molar-refractivity contribution in [2.45, 2.75) is 13.3 Å². The first-order valence-corrected chi connectivity index (χ1v) is 6.22. The minimum Gasteiger partial charge on any atom is -0.508 e. The SMILES string of the molecule is [2H]c1c([2H])c([2H])c2c(C(=O)c3ccc(O)cc3)c(CC)oc2c1[2H]. The molecule has 0 aliphatic carbocycles. The van der Waals surface area contributed by atoms with Gasteiger partial charge < -0.3 is 9.52 Å². The van der Waals surface area contributed by atoms with Crippen molar-refractivity contribution >= 4 is 16.8 Å². The molecule has 1 aromatic heterocycles. The van der Waals surface area contributed by atoms with E-state index in [-0.39, 0.29) is 34.4 Å². The fraction of sp³-hybridized carbons (Fsp3) is 0.118. The second-order valence-electron chi connectivity index (χ2n) is 4.33. The van der Waals surface area contributed by atoms with Crippen molar-refractivity contribution in [3.63, 3.8) is 0 Å². The summed E-state index contributed by atoms with van der Waals surface area (Å²) in [6.45, 7) is 1.78. The van der Waals surface area contributed by atoms with Crippen LogP contribution in [0.3, 0.4) is 0 Å². The molecule has 0 bridgehead atoms. The molecule has 1 N–H and O–H groups in total. The lowest BCUT2D eigenvalue weighted by Gasteiger charge is -2.02. The molecular weight excluding hydrogens is 252 g/mol. The van der Waals surface area contributed by atoms with Gasteiger partial charge in [-0.3, -0.25) is 4.79 Å². The van der Waals surface area contributed by atoms with Gasteiger partial charge in [0.15, 0.2) is 5.78 Å². The van der Waals surface area contributed by atoms with Gasteiger partial charge in [-0.25, -0.2) is 0 Å². The van der Waals surface area contributed by atoms with E-state index in [0.717, 1.165) is 0 Å². The number of fused-ring (bicyclic) bond motifs is 1. The van der Waals surface area contributed by atoms with Crippen molar-refractivity contribution < 1.29 is 19.8 Å². The molecule has 0 spiro atoms. The average Bonchev–Trinajstić information content (AvgIpc) is 2.97. The first kappa shape index (κ1) is 8.59. The number of para-hydroxylation sites is 1. The lowest BCUT2D eigenvalue weighted by Crippen LogP contribution is -2.03. The van der Waals surface area contributed by atoms with Gasteiger partial charge >= 0.3 is 0 Å². The standard InChI is InChI=1S/C17H14O3/c1-2-14-16(13-5-3-4-6-15(13)20-14)17(19)11-7-9-12(18)10-8-11/h3-10,18H,2H2,1H3/i3D,4D,5D,6D. The van der Waals surface area contributed by atoms with Crippen LogP contribution < -0.4 is 0 Å². The number of phenols is 1. The molecule has 3 heteroatoms. The Morgan fingerprint density at radius 3 is 2.65 bits per heavy atom. The maximum atomic E-state index is 12.9. The topological polar surface area (TPSA) is 50.4 Å². The quantitative estimate of drug-likeness (QED) is 0.733. The lowest BCUT2D eigenvalue weighted by molar-refractivity contribution is 0.103. The minimum absolute atomic E-state index is 0.0139. The monoisotopic (exact) mass is 270 g/mol. The number of carbonyl (C=O) groups is 1. The molecule has 3 nitrogen and oxygen atoms in total. The normalized spacial score (nSPS) is 13.7. The summed E-state index contributed by atoms with van der Waals surface area (Å²) in [4.78, 5) is 12.9. The van der Waals surface area contributed by atoms with E-state index in [1.54, 1.807) is 6.92 Å². The van der Waals surface area contributed by atoms with Crippen molar-refractivity contribution in [1.82, 2.24) is 0 Å². The number of ketones is 1. The third kappa shape index (κ3) is 1.97. The predicted octanol–water partition coefficient (Wildman–Crippen LogP) is 3.93. The van der Waals surface area contributed by atoms with Gasteiger partial charge in [0.25, 0.3) is 0 Å². The van der Waals surface area contributed by atoms with E-state index in [1.165, 1.54) is 24.3 Å². The number of benzene rings is 2. The fourth-order valence-electron chi connectivity index (χ4n) is 2.11. The molecule has 0 fully saturated rings. The van der Waals surface area contributed by atoms with E-state index in [9.17, 15) is 9.90 Å². The largest absolute Gasteiger partial charge is 0.508 e. The molecule has 0 unspecified atom stereocenters. The maximum absolute atomic E-state index is 12.9. The molecule has 2 aromatic carbocycles. The Kier molecular flexibility index (Phi) is 2.08. The Balaban J connectivity index is 2.34. The van der Waals surface area contributed by atoms with Gasteiger partial charge in [0, 0.05) is 17.4 Å². The summed E-state index contributed by atoms with van der Waals surface area (Å²) in [5, 5.41) is 9.45. The van der Waals surface area contributed by atoms with Gasteiger partial charge in [0.2, 0.25) is 0 Å². The highest BCUT2D eigenvalue weighted by molar-refractivity contribution is 6.16. The molecule has 0 aliphatic heterocycles. The number of hydrogen-bond acceptors (Lipinski definition) is 3. The Bertz CT molecular complexity index is 959. The number of rotatable bonds is 3. The summed E-state index contributed by atoms with van der Waals surface area (Å²) in [6.07, 6.45) is 0.368. The Morgan fingerprint density at radius 2 is 1.95 bits per heavy atom.